The molecule has 0 atom stereocenters. The van der Waals surface area contributed by atoms with Crippen molar-refractivity contribution < 1.29 is 22.0 Å². The van der Waals surface area contributed by atoms with Crippen molar-refractivity contribution in [2.24, 2.45) is 0 Å². The van der Waals surface area contributed by atoms with Gasteiger partial charge in [-0.25, -0.2) is 17.2 Å². The third kappa shape index (κ3) is 4.03. The first-order chi connectivity index (χ1) is 14.8. The van der Waals surface area contributed by atoms with Crippen LogP contribution in [0.2, 0.25) is 0 Å². The Morgan fingerprint density at radius 1 is 1.00 bits per heavy atom. The molecule has 0 radical (unpaired) electrons. The molecule has 0 aromatic heterocycles. The van der Waals surface area contributed by atoms with E-state index in [1.54, 1.807) is 36.4 Å². The minimum atomic E-state index is -3.75. The average Bonchev–Trinajstić information content (AvgIpc) is 2.75. The lowest BCUT2D eigenvalue weighted by atomic mass is 10.0. The summed E-state index contributed by atoms with van der Waals surface area (Å²) in [5.41, 5.74) is 1.81. The smallest absolute Gasteiger partial charge is 0.264 e. The molecule has 0 bridgehead atoms. The quantitative estimate of drug-likeness (QED) is 0.639. The fourth-order valence-electron chi connectivity index (χ4n) is 3.59. The van der Waals surface area contributed by atoms with Crippen LogP contribution in [0.1, 0.15) is 27.9 Å². The second-order valence-corrected chi connectivity index (χ2v) is 9.25. The zero-order valence-electron chi connectivity index (χ0n) is 16.7. The van der Waals surface area contributed by atoms with E-state index < -0.39 is 33.3 Å². The van der Waals surface area contributed by atoms with Crippen LogP contribution in [0.5, 0.6) is 0 Å². The number of para-hydroxylation sites is 1. The first kappa shape index (κ1) is 21.0. The van der Waals surface area contributed by atoms with Crippen molar-refractivity contribution in [2.75, 3.05) is 16.2 Å². The molecule has 8 heteroatoms. The van der Waals surface area contributed by atoms with Crippen LogP contribution in [0.15, 0.2) is 65.6 Å². The van der Waals surface area contributed by atoms with Crippen molar-refractivity contribution in [1.29, 1.82) is 0 Å². The summed E-state index contributed by atoms with van der Waals surface area (Å²) in [5.74, 6) is -2.42. The Labute approximate surface area is 179 Å². The Morgan fingerprint density at radius 2 is 1.68 bits per heavy atom. The van der Waals surface area contributed by atoms with Gasteiger partial charge in [0.2, 0.25) is 0 Å². The average molecular weight is 442 g/mol. The molecule has 5 nitrogen and oxygen atoms in total. The van der Waals surface area contributed by atoms with Crippen molar-refractivity contribution in [3.8, 4) is 0 Å². The predicted octanol–water partition coefficient (Wildman–Crippen LogP) is 4.67. The van der Waals surface area contributed by atoms with Crippen molar-refractivity contribution in [3.05, 3.63) is 89.0 Å². The van der Waals surface area contributed by atoms with E-state index in [4.69, 9.17) is 0 Å². The van der Waals surface area contributed by atoms with Crippen LogP contribution >= 0.6 is 0 Å². The Bertz CT molecular complexity index is 1240. The number of nitrogens with zero attached hydrogens (tertiary/aromatic N) is 1. The highest BCUT2D eigenvalue weighted by atomic mass is 32.2. The molecule has 1 amide bonds. The molecule has 0 fully saturated rings. The second kappa shape index (κ2) is 8.11. The first-order valence-electron chi connectivity index (χ1n) is 9.75. The Kier molecular flexibility index (Phi) is 5.49. The highest BCUT2D eigenvalue weighted by molar-refractivity contribution is 7.92. The Morgan fingerprint density at radius 3 is 2.35 bits per heavy atom. The molecule has 0 saturated heterocycles. The zero-order chi connectivity index (χ0) is 22.2. The number of nitrogens with one attached hydrogen (secondary N) is 1. The minimum absolute atomic E-state index is 0.191. The number of aryl methyl sites for hydroxylation is 2. The van der Waals surface area contributed by atoms with Gasteiger partial charge in [0.1, 0.15) is 17.3 Å². The number of sulfonamides is 1. The molecular weight excluding hydrogens is 422 g/mol. The molecule has 160 valence electrons. The van der Waals surface area contributed by atoms with Gasteiger partial charge in [-0.1, -0.05) is 23.8 Å². The van der Waals surface area contributed by atoms with Crippen LogP contribution in [0, 0.1) is 18.6 Å². The molecular formula is C23H20F2N2O3S. The fraction of sp³-hybridized carbons (Fsp3) is 0.174. The van der Waals surface area contributed by atoms with E-state index in [9.17, 15) is 22.0 Å². The largest absolute Gasteiger partial charge is 0.317 e. The van der Waals surface area contributed by atoms with Gasteiger partial charge in [0.25, 0.3) is 15.9 Å². The van der Waals surface area contributed by atoms with Gasteiger partial charge in [-0.2, -0.15) is 0 Å². The monoisotopic (exact) mass is 442 g/mol. The van der Waals surface area contributed by atoms with Gasteiger partial charge < -0.3 is 5.32 Å². The maximum atomic E-state index is 13.8. The Balaban J connectivity index is 1.64. The van der Waals surface area contributed by atoms with E-state index in [0.29, 0.717) is 30.6 Å². The predicted molar refractivity (Wildman–Crippen MR) is 115 cm³/mol. The summed E-state index contributed by atoms with van der Waals surface area (Å²) in [5, 5.41) is 2.25. The van der Waals surface area contributed by atoms with Gasteiger partial charge in [-0.3, -0.25) is 9.10 Å². The van der Waals surface area contributed by atoms with Gasteiger partial charge in [-0.05, 0) is 67.8 Å². The van der Waals surface area contributed by atoms with Crippen LogP contribution in [0.3, 0.4) is 0 Å². The van der Waals surface area contributed by atoms with Crippen LogP contribution in [0.4, 0.5) is 20.2 Å². The maximum absolute atomic E-state index is 13.8. The summed E-state index contributed by atoms with van der Waals surface area (Å²) in [7, 11) is -3.75. The van der Waals surface area contributed by atoms with Crippen molar-refractivity contribution in [1.82, 2.24) is 0 Å². The SMILES string of the molecule is Cc1ccc(S(=O)(=O)N2CCCc3cc(C(=O)Nc4c(F)cccc4F)ccc32)cc1. The Hall–Kier alpha value is -3.26. The van der Waals surface area contributed by atoms with Gasteiger partial charge in [0.05, 0.1) is 10.6 Å². The number of carbonyl (C=O) groups is 1. The summed E-state index contributed by atoms with van der Waals surface area (Å²) in [6, 6.07) is 14.5. The van der Waals surface area contributed by atoms with Crippen molar-refractivity contribution in [2.45, 2.75) is 24.7 Å². The van der Waals surface area contributed by atoms with Gasteiger partial charge in [0, 0.05) is 12.1 Å². The highest BCUT2D eigenvalue weighted by Crippen LogP contribution is 2.33. The van der Waals surface area contributed by atoms with Crippen LogP contribution in [-0.2, 0) is 16.4 Å². The van der Waals surface area contributed by atoms with E-state index in [-0.39, 0.29) is 10.5 Å². The molecule has 1 aliphatic rings. The van der Waals surface area contributed by atoms with Gasteiger partial charge in [-0.15, -0.1) is 0 Å². The molecule has 4 rings (SSSR count). The lowest BCUT2D eigenvalue weighted by molar-refractivity contribution is 0.102. The molecule has 0 unspecified atom stereocenters. The number of halogens is 2. The lowest BCUT2D eigenvalue weighted by Gasteiger charge is -2.30. The summed E-state index contributed by atoms with van der Waals surface area (Å²) >= 11 is 0. The van der Waals surface area contributed by atoms with Crippen molar-refractivity contribution in [3.63, 3.8) is 0 Å². The van der Waals surface area contributed by atoms with Crippen molar-refractivity contribution >= 4 is 27.3 Å². The molecule has 3 aromatic rings. The van der Waals surface area contributed by atoms with Gasteiger partial charge in [0.15, 0.2) is 0 Å². The lowest BCUT2D eigenvalue weighted by Crippen LogP contribution is -2.35. The fourth-order valence-corrected chi connectivity index (χ4v) is 5.13. The van der Waals surface area contributed by atoms with E-state index in [0.717, 1.165) is 17.7 Å². The minimum Gasteiger partial charge on any atom is -0.317 e. The molecule has 3 aromatic carbocycles. The molecule has 1 N–H and O–H groups in total. The van der Waals surface area contributed by atoms with Crippen LogP contribution in [0.25, 0.3) is 0 Å². The van der Waals surface area contributed by atoms with Crippen LogP contribution < -0.4 is 9.62 Å². The van der Waals surface area contributed by atoms with E-state index in [1.807, 2.05) is 6.92 Å². The molecule has 0 spiro atoms. The maximum Gasteiger partial charge on any atom is 0.264 e. The summed E-state index contributed by atoms with van der Waals surface area (Å²) in [6.45, 7) is 2.21. The number of benzene rings is 3. The molecule has 0 saturated carbocycles. The van der Waals surface area contributed by atoms with E-state index in [1.165, 1.54) is 16.4 Å². The summed E-state index contributed by atoms with van der Waals surface area (Å²) in [6.07, 6.45) is 1.18. The molecule has 31 heavy (non-hydrogen) atoms. The van der Waals surface area contributed by atoms with E-state index in [2.05, 4.69) is 5.32 Å². The topological polar surface area (TPSA) is 66.5 Å². The summed E-state index contributed by atoms with van der Waals surface area (Å²) in [4.78, 5) is 12.8. The van der Waals surface area contributed by atoms with Gasteiger partial charge >= 0.3 is 0 Å². The molecule has 1 heterocycles. The molecule has 1 aliphatic heterocycles. The van der Waals surface area contributed by atoms with Crippen LogP contribution in [-0.4, -0.2) is 20.9 Å². The highest BCUT2D eigenvalue weighted by Gasteiger charge is 2.29. The third-order valence-corrected chi connectivity index (χ3v) is 7.06. The number of carbonyl (C=O) groups excluding carboxylic acids is 1. The normalized spacial score (nSPS) is 13.6. The number of fused-ring (bicyclic) bond motifs is 1. The first-order valence-corrected chi connectivity index (χ1v) is 11.2. The number of amides is 1. The number of hydrogen-bond donors (Lipinski definition) is 1. The standard InChI is InChI=1S/C23H20F2N2O3S/c1-15-7-10-18(11-8-15)31(29,30)27-13-3-4-16-14-17(9-12-21(16)27)23(28)26-22-19(24)5-2-6-20(22)25/h2,5-12,14H,3-4,13H2,1H3,(H,26,28). The second-order valence-electron chi connectivity index (χ2n) is 7.39. The number of rotatable bonds is 4. The molecule has 0 aliphatic carbocycles. The van der Waals surface area contributed by atoms with E-state index >= 15 is 0 Å². The third-order valence-electron chi connectivity index (χ3n) is 5.23. The number of anilines is 2. The summed E-state index contributed by atoms with van der Waals surface area (Å²) < 4.78 is 55.3. The number of hydrogen-bond acceptors (Lipinski definition) is 3. The zero-order valence-corrected chi connectivity index (χ0v) is 17.5.